The van der Waals surface area contributed by atoms with Crippen molar-refractivity contribution in [2.75, 3.05) is 19.6 Å². The molecule has 180 valence electrons. The van der Waals surface area contributed by atoms with Crippen LogP contribution in [0.3, 0.4) is 0 Å². The third kappa shape index (κ3) is 9.25. The van der Waals surface area contributed by atoms with E-state index >= 15 is 0 Å². The third-order valence-corrected chi connectivity index (χ3v) is 6.13. The minimum atomic E-state index is -1.13. The van der Waals surface area contributed by atoms with Crippen molar-refractivity contribution in [2.24, 2.45) is 23.5 Å². The van der Waals surface area contributed by atoms with E-state index in [1.165, 1.54) is 39.0 Å². The molecule has 2 amide bonds. The van der Waals surface area contributed by atoms with Crippen LogP contribution in [-0.2, 0) is 14.4 Å². The first-order chi connectivity index (χ1) is 14.7. The Morgan fingerprint density at radius 2 is 1.68 bits per heavy atom. The number of carbonyl (C=O) groups is 3. The summed E-state index contributed by atoms with van der Waals surface area (Å²) in [5.74, 6) is -1.28. The number of hydrogen-bond acceptors (Lipinski definition) is 6. The first-order valence-electron chi connectivity index (χ1n) is 12.0. The number of amides is 2. The van der Waals surface area contributed by atoms with Crippen molar-refractivity contribution in [3.8, 4) is 0 Å². The maximum atomic E-state index is 12.9. The summed E-state index contributed by atoms with van der Waals surface area (Å²) >= 11 is 0. The van der Waals surface area contributed by atoms with Gasteiger partial charge in [0.25, 0.3) is 0 Å². The molecule has 0 aromatic carbocycles. The number of Topliss-reactive ketones (excluding diaryl/α,β-unsaturated/α-hetero) is 1. The van der Waals surface area contributed by atoms with Crippen LogP contribution in [0.2, 0.25) is 0 Å². The molecular weight excluding hydrogens is 396 g/mol. The standard InChI is InChI=1S/C23H44N4O4/c1-5-6-7-8-9-10-11-17-13-25-14-18(17)22(30)27-20(16(4)28)23(31)26-19(12-24)21(29)15(2)3/h15-20,25,28H,5-14,24H2,1-4H3,(H,26,31)(H,27,30)/t16-,17?,18?,19-,20-/m0/s1. The highest BCUT2D eigenvalue weighted by Crippen LogP contribution is 2.24. The summed E-state index contributed by atoms with van der Waals surface area (Å²) in [5.41, 5.74) is 5.65. The van der Waals surface area contributed by atoms with Crippen LogP contribution in [0.15, 0.2) is 0 Å². The molecule has 0 aromatic rings. The van der Waals surface area contributed by atoms with Crippen LogP contribution in [0.25, 0.3) is 0 Å². The van der Waals surface area contributed by atoms with Crippen molar-refractivity contribution >= 4 is 17.6 Å². The summed E-state index contributed by atoms with van der Waals surface area (Å²) in [6.45, 7) is 8.45. The zero-order chi connectivity index (χ0) is 23.4. The lowest BCUT2D eigenvalue weighted by molar-refractivity contribution is -0.135. The summed E-state index contributed by atoms with van der Waals surface area (Å²) in [6, 6.07) is -1.96. The Balaban J connectivity index is 2.63. The highest BCUT2D eigenvalue weighted by molar-refractivity contribution is 5.94. The van der Waals surface area contributed by atoms with E-state index in [4.69, 9.17) is 5.73 Å². The van der Waals surface area contributed by atoms with Crippen molar-refractivity contribution < 1.29 is 19.5 Å². The molecule has 1 saturated heterocycles. The molecule has 8 nitrogen and oxygen atoms in total. The second-order valence-corrected chi connectivity index (χ2v) is 9.16. The van der Waals surface area contributed by atoms with Crippen molar-refractivity contribution in [1.82, 2.24) is 16.0 Å². The number of aliphatic hydroxyl groups excluding tert-OH is 1. The maximum Gasteiger partial charge on any atom is 0.245 e. The number of carbonyl (C=O) groups excluding carboxylic acids is 3. The Kier molecular flexibility index (Phi) is 12.9. The highest BCUT2D eigenvalue weighted by atomic mass is 16.3. The summed E-state index contributed by atoms with van der Waals surface area (Å²) < 4.78 is 0. The van der Waals surface area contributed by atoms with Crippen LogP contribution in [0.4, 0.5) is 0 Å². The highest BCUT2D eigenvalue weighted by Gasteiger charge is 2.36. The van der Waals surface area contributed by atoms with Gasteiger partial charge < -0.3 is 26.8 Å². The molecule has 1 fully saturated rings. The number of ketones is 1. The van der Waals surface area contributed by atoms with Crippen molar-refractivity contribution in [3.63, 3.8) is 0 Å². The van der Waals surface area contributed by atoms with Gasteiger partial charge in [-0.2, -0.15) is 0 Å². The van der Waals surface area contributed by atoms with Crippen LogP contribution in [0.1, 0.15) is 72.6 Å². The monoisotopic (exact) mass is 440 g/mol. The lowest BCUT2D eigenvalue weighted by Gasteiger charge is -2.26. The third-order valence-electron chi connectivity index (χ3n) is 6.13. The van der Waals surface area contributed by atoms with Crippen LogP contribution in [0, 0.1) is 17.8 Å². The largest absolute Gasteiger partial charge is 0.391 e. The van der Waals surface area contributed by atoms with E-state index in [2.05, 4.69) is 22.9 Å². The Morgan fingerprint density at radius 3 is 2.26 bits per heavy atom. The fourth-order valence-electron chi connectivity index (χ4n) is 4.11. The molecule has 0 saturated carbocycles. The summed E-state index contributed by atoms with van der Waals surface area (Å²) in [6.07, 6.45) is 7.13. The topological polar surface area (TPSA) is 134 Å². The number of hydrogen-bond donors (Lipinski definition) is 5. The number of unbranched alkanes of at least 4 members (excludes halogenated alkanes) is 5. The Morgan fingerprint density at radius 1 is 1.03 bits per heavy atom. The minimum Gasteiger partial charge on any atom is -0.391 e. The van der Waals surface area contributed by atoms with E-state index in [0.717, 1.165) is 19.4 Å². The van der Waals surface area contributed by atoms with Gasteiger partial charge in [0.05, 0.1) is 18.1 Å². The van der Waals surface area contributed by atoms with E-state index in [-0.39, 0.29) is 36.0 Å². The predicted molar refractivity (Wildman–Crippen MR) is 122 cm³/mol. The molecule has 31 heavy (non-hydrogen) atoms. The smallest absolute Gasteiger partial charge is 0.245 e. The second-order valence-electron chi connectivity index (χ2n) is 9.16. The predicted octanol–water partition coefficient (Wildman–Crippen LogP) is 1.11. The van der Waals surface area contributed by atoms with Gasteiger partial charge in [0, 0.05) is 19.0 Å². The maximum absolute atomic E-state index is 12.9. The van der Waals surface area contributed by atoms with Crippen molar-refractivity contribution in [2.45, 2.75) is 90.8 Å². The van der Waals surface area contributed by atoms with Crippen LogP contribution < -0.4 is 21.7 Å². The molecule has 6 N–H and O–H groups in total. The molecule has 1 aliphatic rings. The number of nitrogens with two attached hydrogens (primary N) is 1. The zero-order valence-electron chi connectivity index (χ0n) is 19.8. The fourth-order valence-corrected chi connectivity index (χ4v) is 4.11. The van der Waals surface area contributed by atoms with Gasteiger partial charge >= 0.3 is 0 Å². The normalized spacial score (nSPS) is 21.5. The average Bonchev–Trinajstić information content (AvgIpc) is 3.20. The fraction of sp³-hybridized carbons (Fsp3) is 0.870. The molecule has 1 rings (SSSR count). The summed E-state index contributed by atoms with van der Waals surface area (Å²) in [5, 5.41) is 18.7. The zero-order valence-corrected chi connectivity index (χ0v) is 19.8. The van der Waals surface area contributed by atoms with E-state index in [9.17, 15) is 19.5 Å². The molecule has 1 heterocycles. The molecule has 1 aliphatic heterocycles. The Bertz CT molecular complexity index is 568. The first kappa shape index (κ1) is 27.5. The quantitative estimate of drug-likeness (QED) is 0.242. The van der Waals surface area contributed by atoms with E-state index in [1.54, 1.807) is 13.8 Å². The Hall–Kier alpha value is -1.51. The lowest BCUT2D eigenvalue weighted by atomic mass is 9.89. The van der Waals surface area contributed by atoms with Crippen LogP contribution in [-0.4, -0.2) is 60.5 Å². The van der Waals surface area contributed by atoms with Gasteiger partial charge in [0.2, 0.25) is 11.8 Å². The van der Waals surface area contributed by atoms with Crippen LogP contribution >= 0.6 is 0 Å². The Labute approximate surface area is 187 Å². The molecule has 0 bridgehead atoms. The van der Waals surface area contributed by atoms with Gasteiger partial charge in [-0.05, 0) is 25.8 Å². The molecular formula is C23H44N4O4. The number of nitrogens with one attached hydrogen (secondary N) is 3. The van der Waals surface area contributed by atoms with Gasteiger partial charge in [0.1, 0.15) is 6.04 Å². The summed E-state index contributed by atoms with van der Waals surface area (Å²) in [4.78, 5) is 37.8. The van der Waals surface area contributed by atoms with Crippen LogP contribution in [0.5, 0.6) is 0 Å². The van der Waals surface area contributed by atoms with Crippen molar-refractivity contribution in [1.29, 1.82) is 0 Å². The average molecular weight is 441 g/mol. The molecule has 0 aromatic heterocycles. The second kappa shape index (κ2) is 14.5. The van der Waals surface area contributed by atoms with Gasteiger partial charge in [-0.15, -0.1) is 0 Å². The van der Waals surface area contributed by atoms with Gasteiger partial charge in [-0.1, -0.05) is 59.3 Å². The lowest BCUT2D eigenvalue weighted by Crippen LogP contribution is -2.58. The van der Waals surface area contributed by atoms with E-state index < -0.39 is 24.1 Å². The molecule has 0 spiro atoms. The van der Waals surface area contributed by atoms with Crippen molar-refractivity contribution in [3.05, 3.63) is 0 Å². The minimum absolute atomic E-state index is 0.0316. The number of rotatable bonds is 15. The summed E-state index contributed by atoms with van der Waals surface area (Å²) in [7, 11) is 0. The van der Waals surface area contributed by atoms with Gasteiger partial charge in [0.15, 0.2) is 5.78 Å². The molecule has 2 unspecified atom stereocenters. The molecule has 0 aliphatic carbocycles. The van der Waals surface area contributed by atoms with Gasteiger partial charge in [-0.3, -0.25) is 14.4 Å². The van der Waals surface area contributed by atoms with Gasteiger partial charge in [-0.25, -0.2) is 0 Å². The molecule has 0 radical (unpaired) electrons. The molecule has 8 heteroatoms. The SMILES string of the molecule is CCCCCCCCC1CNCC1C(=O)N[C@H](C(=O)N[C@@H](CN)C(=O)C(C)C)[C@H](C)O. The first-order valence-corrected chi connectivity index (χ1v) is 12.0. The number of aliphatic hydroxyl groups is 1. The van der Waals surface area contributed by atoms with E-state index in [1.807, 2.05) is 0 Å². The molecule has 5 atom stereocenters. The van der Waals surface area contributed by atoms with E-state index in [0.29, 0.717) is 6.54 Å².